The third-order valence-corrected chi connectivity index (χ3v) is 6.86. The number of nitrogens with one attached hydrogen (secondary N) is 1. The highest BCUT2D eigenvalue weighted by Crippen LogP contribution is 2.32. The van der Waals surface area contributed by atoms with Crippen molar-refractivity contribution in [2.75, 3.05) is 0 Å². The maximum Gasteiger partial charge on any atom is 0.265 e. The number of amides is 1. The third kappa shape index (κ3) is 3.84. The molecule has 0 unspecified atom stereocenters. The van der Waals surface area contributed by atoms with Crippen LogP contribution in [0, 0.1) is 3.57 Å². The molecule has 0 aliphatic rings. The number of carbonyl (C=O) groups is 1. The van der Waals surface area contributed by atoms with Crippen molar-refractivity contribution in [1.82, 2.24) is 18.3 Å². The van der Waals surface area contributed by atoms with Crippen LogP contribution < -0.4 is 0 Å². The van der Waals surface area contributed by atoms with Gasteiger partial charge < -0.3 is 0 Å². The Morgan fingerprint density at radius 1 is 1.26 bits per heavy atom. The first kappa shape index (κ1) is 19.1. The van der Waals surface area contributed by atoms with Crippen LogP contribution in [-0.4, -0.2) is 24.2 Å². The molecule has 0 saturated carbocycles. The van der Waals surface area contributed by atoms with Crippen LogP contribution >= 0.6 is 68.4 Å². The first-order valence-corrected chi connectivity index (χ1v) is 11.1. The molecule has 0 atom stereocenters. The van der Waals surface area contributed by atoms with Crippen molar-refractivity contribution in [2.45, 2.75) is 6.54 Å². The van der Waals surface area contributed by atoms with E-state index in [9.17, 15) is 4.79 Å². The predicted octanol–water partition coefficient (Wildman–Crippen LogP) is 5.94. The summed E-state index contributed by atoms with van der Waals surface area (Å²) in [6.07, 6.45) is 3.55. The second-order valence-electron chi connectivity index (χ2n) is 5.69. The number of para-hydroxylation sites is 1. The number of aromatic amines is 1. The van der Waals surface area contributed by atoms with E-state index in [2.05, 4.69) is 37.8 Å². The number of nitrogens with zero attached hydrogens (tertiary/aromatic N) is 3. The lowest BCUT2D eigenvalue weighted by Gasteiger charge is -2.14. The summed E-state index contributed by atoms with van der Waals surface area (Å²) < 4.78 is 3.38. The van der Waals surface area contributed by atoms with Gasteiger partial charge in [0.15, 0.2) is 0 Å². The van der Waals surface area contributed by atoms with Gasteiger partial charge in [-0.1, -0.05) is 23.7 Å². The van der Waals surface area contributed by atoms with Crippen LogP contribution in [0.5, 0.6) is 0 Å². The number of pyridine rings is 1. The lowest BCUT2D eigenvalue weighted by molar-refractivity contribution is 0.0885. The monoisotopic (exact) mass is 620 g/mol. The molecule has 1 aromatic carbocycles. The van der Waals surface area contributed by atoms with Crippen molar-refractivity contribution >= 4 is 85.2 Å². The topological polar surface area (TPSA) is 61.9 Å². The van der Waals surface area contributed by atoms with Crippen molar-refractivity contribution < 1.29 is 4.79 Å². The van der Waals surface area contributed by atoms with E-state index in [4.69, 9.17) is 11.6 Å². The number of carbonyl (C=O) groups excluding carboxylic acids is 1. The lowest BCUT2D eigenvalue weighted by atomic mass is 10.1. The first-order valence-electron chi connectivity index (χ1n) is 7.83. The molecule has 3 heterocycles. The molecule has 0 radical (unpaired) electrons. The summed E-state index contributed by atoms with van der Waals surface area (Å²) in [5, 5.41) is 8.43. The zero-order chi connectivity index (χ0) is 19.0. The summed E-state index contributed by atoms with van der Waals surface area (Å²) >= 11 is 11.7. The summed E-state index contributed by atoms with van der Waals surface area (Å²) in [4.78, 5) is 18.2. The number of fused-ring (bicyclic) bond motifs is 1. The van der Waals surface area contributed by atoms with Gasteiger partial charge in [0.2, 0.25) is 0 Å². The average molecular weight is 621 g/mol. The van der Waals surface area contributed by atoms with Crippen LogP contribution in [0.2, 0.25) is 4.34 Å². The molecule has 0 spiro atoms. The molecular weight excluding hydrogens is 610 g/mol. The minimum atomic E-state index is -0.0896. The predicted molar refractivity (Wildman–Crippen MR) is 125 cm³/mol. The Hall–Kier alpha value is -1.24. The van der Waals surface area contributed by atoms with E-state index in [0.29, 0.717) is 22.0 Å². The highest BCUT2D eigenvalue weighted by Gasteiger charge is 2.20. The molecule has 4 rings (SSSR count). The van der Waals surface area contributed by atoms with Gasteiger partial charge in [-0.05, 0) is 46.9 Å². The number of rotatable bonds is 4. The second-order valence-corrected chi connectivity index (χ2v) is 9.81. The molecule has 0 aliphatic carbocycles. The summed E-state index contributed by atoms with van der Waals surface area (Å²) in [6, 6.07) is 11.4. The quantitative estimate of drug-likeness (QED) is 0.227. The molecule has 5 nitrogen and oxygen atoms in total. The summed E-state index contributed by atoms with van der Waals surface area (Å²) in [6.45, 7) is 0.493. The molecule has 1 N–H and O–H groups in total. The Morgan fingerprint density at radius 3 is 2.85 bits per heavy atom. The van der Waals surface area contributed by atoms with Crippen LogP contribution in [0.15, 0.2) is 48.8 Å². The highest BCUT2D eigenvalue weighted by atomic mass is 127. The Morgan fingerprint density at radius 2 is 2.11 bits per heavy atom. The fraction of sp³-hybridized carbons (Fsp3) is 0.0556. The van der Waals surface area contributed by atoms with Gasteiger partial charge in [0.1, 0.15) is 5.52 Å². The van der Waals surface area contributed by atoms with Crippen molar-refractivity contribution in [1.29, 1.82) is 0 Å². The number of thiophene rings is 1. The molecule has 4 aromatic rings. The minimum Gasteiger partial charge on any atom is -0.277 e. The van der Waals surface area contributed by atoms with E-state index in [-0.39, 0.29) is 5.91 Å². The lowest BCUT2D eigenvalue weighted by Crippen LogP contribution is -2.20. The third-order valence-electron chi connectivity index (χ3n) is 4.00. The molecule has 0 saturated heterocycles. The van der Waals surface area contributed by atoms with E-state index in [0.717, 1.165) is 25.1 Å². The molecule has 27 heavy (non-hydrogen) atoms. The Kier molecular flexibility index (Phi) is 5.67. The van der Waals surface area contributed by atoms with Crippen molar-refractivity contribution in [3.63, 3.8) is 0 Å². The van der Waals surface area contributed by atoms with Crippen LogP contribution in [0.3, 0.4) is 0 Å². The van der Waals surface area contributed by atoms with Crippen molar-refractivity contribution in [3.8, 4) is 11.3 Å². The molecule has 136 valence electrons. The fourth-order valence-corrected chi connectivity index (χ4v) is 5.32. The average Bonchev–Trinajstić information content (AvgIpc) is 3.27. The normalized spacial score (nSPS) is 11.1. The van der Waals surface area contributed by atoms with E-state index in [1.54, 1.807) is 21.6 Å². The molecule has 3 aromatic heterocycles. The standard InChI is InChI=1S/C18H11ClI2N4OS/c19-15-5-4-10(27-15)9-25(21)18(26)13-3-1-2-12-16(23-24-17(12)13)11-6-7-22-8-14(11)20/h1-8H,9H2,(H,23,24). The molecule has 0 aliphatic heterocycles. The van der Waals surface area contributed by atoms with Crippen molar-refractivity contribution in [2.24, 2.45) is 0 Å². The van der Waals surface area contributed by atoms with Gasteiger partial charge in [-0.2, -0.15) is 5.10 Å². The maximum absolute atomic E-state index is 13.0. The van der Waals surface area contributed by atoms with E-state index >= 15 is 0 Å². The Bertz CT molecular complexity index is 1140. The largest absolute Gasteiger partial charge is 0.277 e. The zero-order valence-corrected chi connectivity index (χ0v) is 19.5. The minimum absolute atomic E-state index is 0.0896. The number of aromatic nitrogens is 3. The number of benzene rings is 1. The smallest absolute Gasteiger partial charge is 0.265 e. The number of halogens is 3. The van der Waals surface area contributed by atoms with Crippen molar-refractivity contribution in [3.05, 3.63) is 67.1 Å². The van der Waals surface area contributed by atoms with Gasteiger partial charge in [0.25, 0.3) is 5.91 Å². The molecule has 1 amide bonds. The van der Waals surface area contributed by atoms with Gasteiger partial charge in [-0.25, -0.2) is 0 Å². The van der Waals surface area contributed by atoms with Crippen LogP contribution in [0.4, 0.5) is 0 Å². The van der Waals surface area contributed by atoms with Crippen LogP contribution in [0.1, 0.15) is 15.2 Å². The van der Waals surface area contributed by atoms with Crippen LogP contribution in [-0.2, 0) is 6.54 Å². The first-order chi connectivity index (χ1) is 13.0. The Balaban J connectivity index is 1.70. The number of H-pyrrole nitrogens is 1. The summed E-state index contributed by atoms with van der Waals surface area (Å²) in [5.41, 5.74) is 3.13. The molecule has 0 bridgehead atoms. The fourth-order valence-electron chi connectivity index (χ4n) is 2.77. The Labute approximate surface area is 191 Å². The number of hydrogen-bond donors (Lipinski definition) is 1. The van der Waals surface area contributed by atoms with E-state index in [1.807, 2.05) is 53.2 Å². The van der Waals surface area contributed by atoms with Gasteiger partial charge in [-0.15, -0.1) is 11.3 Å². The second kappa shape index (κ2) is 8.02. The van der Waals surface area contributed by atoms with E-state index in [1.165, 1.54) is 11.3 Å². The molecular formula is C18H11ClI2N4OS. The summed E-state index contributed by atoms with van der Waals surface area (Å²) in [7, 11) is 0. The molecule has 0 fully saturated rings. The van der Waals surface area contributed by atoms with E-state index < -0.39 is 0 Å². The SMILES string of the molecule is O=C(c1cccc2c(-c3ccncc3I)[nH]nc12)N(I)Cc1ccc(Cl)s1. The van der Waals surface area contributed by atoms with Gasteiger partial charge in [0, 0.05) is 31.8 Å². The number of hydrogen-bond acceptors (Lipinski definition) is 4. The summed E-state index contributed by atoms with van der Waals surface area (Å²) in [5.74, 6) is -0.0896. The maximum atomic E-state index is 13.0. The molecule has 9 heteroatoms. The van der Waals surface area contributed by atoms with Crippen LogP contribution in [0.25, 0.3) is 22.2 Å². The van der Waals surface area contributed by atoms with Gasteiger partial charge >= 0.3 is 0 Å². The zero-order valence-electron chi connectivity index (χ0n) is 13.6. The highest BCUT2D eigenvalue weighted by molar-refractivity contribution is 14.1. The van der Waals surface area contributed by atoms with Gasteiger partial charge in [0.05, 0.1) is 45.0 Å². The van der Waals surface area contributed by atoms with Gasteiger partial charge in [-0.3, -0.25) is 18.0 Å².